The molecule has 1 aliphatic carbocycles. The first-order valence-electron chi connectivity index (χ1n) is 7.81. The first-order valence-corrected chi connectivity index (χ1v) is 7.81. The van der Waals surface area contributed by atoms with Crippen molar-refractivity contribution in [1.29, 1.82) is 0 Å². The largest absolute Gasteiger partial charge is 0.350 e. The fourth-order valence-corrected chi connectivity index (χ4v) is 3.09. The summed E-state index contributed by atoms with van der Waals surface area (Å²) in [6, 6.07) is 6.11. The Bertz CT molecular complexity index is 466. The smallest absolute Gasteiger partial charge is 0.251 e. The molecule has 1 amide bonds. The van der Waals surface area contributed by atoms with Crippen LogP contribution in [0.4, 0.5) is 0 Å². The van der Waals surface area contributed by atoms with Gasteiger partial charge in [0, 0.05) is 18.2 Å². The first-order chi connectivity index (χ1) is 9.65. The number of nitrogens with one attached hydrogen (secondary N) is 1. The third-order valence-electron chi connectivity index (χ3n) is 4.51. The van der Waals surface area contributed by atoms with E-state index in [1.165, 1.54) is 17.5 Å². The van der Waals surface area contributed by atoms with Gasteiger partial charge >= 0.3 is 0 Å². The molecule has 110 valence electrons. The van der Waals surface area contributed by atoms with E-state index in [2.05, 4.69) is 25.2 Å². The van der Waals surface area contributed by atoms with Crippen LogP contribution >= 0.6 is 0 Å². The Balaban J connectivity index is 1.92. The van der Waals surface area contributed by atoms with Gasteiger partial charge in [-0.25, -0.2) is 0 Å². The van der Waals surface area contributed by atoms with Crippen LogP contribution in [0.5, 0.6) is 0 Å². The Morgan fingerprint density at radius 3 is 2.65 bits per heavy atom. The molecular weight excluding hydrogens is 248 g/mol. The number of benzene rings is 1. The maximum absolute atomic E-state index is 12.2. The monoisotopic (exact) mass is 274 g/mol. The molecule has 1 aliphatic rings. The van der Waals surface area contributed by atoms with Crippen LogP contribution in [0.3, 0.4) is 0 Å². The number of aryl methyl sites for hydroxylation is 2. The average molecular weight is 274 g/mol. The number of carbonyl (C=O) groups is 1. The van der Waals surface area contributed by atoms with E-state index in [-0.39, 0.29) is 11.9 Å². The van der Waals surface area contributed by atoms with Crippen LogP contribution in [0.1, 0.15) is 54.6 Å². The zero-order valence-electron chi connectivity index (χ0n) is 12.6. The van der Waals surface area contributed by atoms with Crippen LogP contribution in [0.2, 0.25) is 0 Å². The number of carbonyl (C=O) groups excluding carboxylic acids is 1. The molecule has 0 aromatic heterocycles. The third-order valence-corrected chi connectivity index (χ3v) is 4.51. The lowest BCUT2D eigenvalue weighted by molar-refractivity contribution is 0.0948. The molecule has 0 aliphatic heterocycles. The van der Waals surface area contributed by atoms with Crippen molar-refractivity contribution in [2.45, 2.75) is 52.0 Å². The van der Waals surface area contributed by atoms with E-state index in [9.17, 15) is 4.79 Å². The summed E-state index contributed by atoms with van der Waals surface area (Å²) in [5, 5.41) is 2.98. The molecule has 0 saturated carbocycles. The zero-order chi connectivity index (χ0) is 14.5. The summed E-state index contributed by atoms with van der Waals surface area (Å²) in [6.07, 6.45) is 5.58. The maximum Gasteiger partial charge on any atom is 0.251 e. The lowest BCUT2D eigenvalue weighted by atomic mass is 9.95. The van der Waals surface area contributed by atoms with Crippen LogP contribution in [-0.2, 0) is 12.8 Å². The van der Waals surface area contributed by atoms with E-state index in [1.54, 1.807) is 0 Å². The van der Waals surface area contributed by atoms with E-state index in [0.29, 0.717) is 12.5 Å². The topological polar surface area (TPSA) is 55.1 Å². The minimum Gasteiger partial charge on any atom is -0.350 e. The lowest BCUT2D eigenvalue weighted by Gasteiger charge is -2.21. The van der Waals surface area contributed by atoms with Crippen molar-refractivity contribution >= 4 is 5.91 Å². The maximum atomic E-state index is 12.2. The average Bonchev–Trinajstić information content (AvgIpc) is 2.93. The second-order valence-corrected chi connectivity index (χ2v) is 5.79. The fourth-order valence-electron chi connectivity index (χ4n) is 3.09. The van der Waals surface area contributed by atoms with Crippen LogP contribution in [0.15, 0.2) is 18.2 Å². The number of fused-ring (bicyclic) bond motifs is 1. The number of hydrogen-bond acceptors (Lipinski definition) is 2. The quantitative estimate of drug-likeness (QED) is 0.838. The van der Waals surface area contributed by atoms with Crippen molar-refractivity contribution < 1.29 is 4.79 Å². The van der Waals surface area contributed by atoms with Crippen molar-refractivity contribution in [3.05, 3.63) is 34.9 Å². The predicted octanol–water partition coefficient (Wildman–Crippen LogP) is 2.67. The van der Waals surface area contributed by atoms with Crippen molar-refractivity contribution in [1.82, 2.24) is 5.32 Å². The summed E-state index contributed by atoms with van der Waals surface area (Å²) in [4.78, 5) is 12.2. The van der Waals surface area contributed by atoms with Crippen LogP contribution in [0.25, 0.3) is 0 Å². The highest BCUT2D eigenvalue weighted by molar-refractivity contribution is 5.94. The van der Waals surface area contributed by atoms with Crippen LogP contribution in [-0.4, -0.2) is 18.5 Å². The van der Waals surface area contributed by atoms with Gasteiger partial charge in [0.25, 0.3) is 5.91 Å². The molecule has 1 aromatic carbocycles. The van der Waals surface area contributed by atoms with E-state index in [0.717, 1.165) is 31.2 Å². The van der Waals surface area contributed by atoms with E-state index in [4.69, 9.17) is 5.73 Å². The number of hydrogen-bond donors (Lipinski definition) is 2. The molecule has 3 nitrogen and oxygen atoms in total. The van der Waals surface area contributed by atoms with Gasteiger partial charge in [0.2, 0.25) is 0 Å². The van der Waals surface area contributed by atoms with Gasteiger partial charge in [0.15, 0.2) is 0 Å². The minimum absolute atomic E-state index is 0.00102. The Hall–Kier alpha value is -1.35. The van der Waals surface area contributed by atoms with E-state index < -0.39 is 0 Å². The highest BCUT2D eigenvalue weighted by Crippen LogP contribution is 2.22. The molecule has 2 rings (SSSR count). The Morgan fingerprint density at radius 1 is 1.25 bits per heavy atom. The first kappa shape index (κ1) is 15.0. The molecule has 0 heterocycles. The number of amides is 1. The SMILES string of the molecule is CCC(CC)C(N)CNC(=O)c1ccc2c(c1)CCC2. The molecule has 0 fully saturated rings. The highest BCUT2D eigenvalue weighted by atomic mass is 16.1. The molecule has 3 N–H and O–H groups in total. The van der Waals surface area contributed by atoms with Gasteiger partial charge in [-0.3, -0.25) is 4.79 Å². The van der Waals surface area contributed by atoms with Gasteiger partial charge < -0.3 is 11.1 Å². The minimum atomic E-state index is 0.00102. The summed E-state index contributed by atoms with van der Waals surface area (Å²) in [7, 11) is 0. The zero-order valence-corrected chi connectivity index (χ0v) is 12.6. The summed E-state index contributed by atoms with van der Waals surface area (Å²) in [5.74, 6) is 0.483. The summed E-state index contributed by atoms with van der Waals surface area (Å²) in [6.45, 7) is 4.86. The Morgan fingerprint density at radius 2 is 1.95 bits per heavy atom. The van der Waals surface area contributed by atoms with Crippen molar-refractivity contribution in [3.63, 3.8) is 0 Å². The molecule has 3 heteroatoms. The molecule has 1 unspecified atom stereocenters. The molecule has 0 spiro atoms. The second-order valence-electron chi connectivity index (χ2n) is 5.79. The molecule has 0 saturated heterocycles. The summed E-state index contributed by atoms with van der Waals surface area (Å²) >= 11 is 0. The van der Waals surface area contributed by atoms with E-state index >= 15 is 0 Å². The Labute approximate surface area is 121 Å². The molecule has 0 radical (unpaired) electrons. The summed E-state index contributed by atoms with van der Waals surface area (Å²) in [5.41, 5.74) is 9.64. The van der Waals surface area contributed by atoms with Crippen LogP contribution < -0.4 is 11.1 Å². The third kappa shape index (κ3) is 3.40. The predicted molar refractivity (Wildman–Crippen MR) is 82.8 cm³/mol. The lowest BCUT2D eigenvalue weighted by Crippen LogP contribution is -2.41. The Kier molecular flexibility index (Phi) is 5.18. The molecule has 0 bridgehead atoms. The standard InChI is InChI=1S/C17H26N2O/c1-3-12(4-2)16(18)11-19-17(20)15-9-8-13-6-5-7-14(13)10-15/h8-10,12,16H,3-7,11,18H2,1-2H3,(H,19,20). The van der Waals surface area contributed by atoms with Gasteiger partial charge in [-0.05, 0) is 48.4 Å². The second kappa shape index (κ2) is 6.89. The molecular formula is C17H26N2O. The molecule has 1 aromatic rings. The number of rotatable bonds is 6. The van der Waals surface area contributed by atoms with Gasteiger partial charge in [-0.2, -0.15) is 0 Å². The van der Waals surface area contributed by atoms with Gasteiger partial charge in [0.05, 0.1) is 0 Å². The van der Waals surface area contributed by atoms with E-state index in [1.807, 2.05) is 12.1 Å². The van der Waals surface area contributed by atoms with Crippen LogP contribution in [0, 0.1) is 5.92 Å². The summed E-state index contributed by atoms with van der Waals surface area (Å²) < 4.78 is 0. The van der Waals surface area contributed by atoms with Gasteiger partial charge in [0.1, 0.15) is 0 Å². The van der Waals surface area contributed by atoms with Gasteiger partial charge in [-0.15, -0.1) is 0 Å². The molecule has 1 atom stereocenters. The van der Waals surface area contributed by atoms with Gasteiger partial charge in [-0.1, -0.05) is 32.8 Å². The highest BCUT2D eigenvalue weighted by Gasteiger charge is 2.17. The fraction of sp³-hybridized carbons (Fsp3) is 0.588. The van der Waals surface area contributed by atoms with Crippen molar-refractivity contribution in [3.8, 4) is 0 Å². The van der Waals surface area contributed by atoms with Crippen molar-refractivity contribution in [2.24, 2.45) is 11.7 Å². The normalized spacial score (nSPS) is 15.2. The van der Waals surface area contributed by atoms with Crippen molar-refractivity contribution in [2.75, 3.05) is 6.54 Å². The number of nitrogens with two attached hydrogens (primary N) is 1. The molecule has 20 heavy (non-hydrogen) atoms.